The number of carbonyl (C=O) groups is 1. The van der Waals surface area contributed by atoms with Crippen molar-refractivity contribution in [3.8, 4) is 0 Å². The summed E-state index contributed by atoms with van der Waals surface area (Å²) in [5, 5.41) is 6.29. The van der Waals surface area contributed by atoms with E-state index in [-0.39, 0.29) is 11.9 Å². The summed E-state index contributed by atoms with van der Waals surface area (Å²) in [6, 6.07) is 5.94. The summed E-state index contributed by atoms with van der Waals surface area (Å²) in [4.78, 5) is 11.9. The molecular formula is C13H17BrN2O. The number of hydrogen-bond acceptors (Lipinski definition) is 2. The fourth-order valence-corrected chi connectivity index (χ4v) is 2.83. The lowest BCUT2D eigenvalue weighted by atomic mass is 10.1. The van der Waals surface area contributed by atoms with Gasteiger partial charge in [-0.15, -0.1) is 0 Å². The molecule has 4 heteroatoms. The second kappa shape index (κ2) is 5.19. The fourth-order valence-electron chi connectivity index (χ4n) is 2.24. The fraction of sp³-hybridized carbons (Fsp3) is 0.462. The van der Waals surface area contributed by atoms with E-state index in [2.05, 4.69) is 40.4 Å². The average Bonchev–Trinajstić information content (AvgIpc) is 2.57. The average molecular weight is 297 g/mol. The molecule has 1 aliphatic heterocycles. The Morgan fingerprint density at radius 1 is 1.53 bits per heavy atom. The molecule has 3 nitrogen and oxygen atoms in total. The molecule has 1 aromatic rings. The zero-order valence-corrected chi connectivity index (χ0v) is 11.7. The Kier molecular flexibility index (Phi) is 3.84. The summed E-state index contributed by atoms with van der Waals surface area (Å²) >= 11 is 3.51. The molecule has 2 N–H and O–H groups in total. The van der Waals surface area contributed by atoms with Crippen molar-refractivity contribution in [2.75, 3.05) is 5.32 Å². The molecule has 0 aliphatic carbocycles. The van der Waals surface area contributed by atoms with Gasteiger partial charge in [-0.2, -0.15) is 0 Å². The van der Waals surface area contributed by atoms with Crippen LogP contribution in [0.3, 0.4) is 0 Å². The lowest BCUT2D eigenvalue weighted by Gasteiger charge is -2.18. The normalized spacial score (nSPS) is 19.9. The molecule has 2 unspecified atom stereocenters. The Balaban J connectivity index is 2.22. The summed E-state index contributed by atoms with van der Waals surface area (Å²) in [5.41, 5.74) is 1.94. The molecule has 1 aliphatic rings. The SMILES string of the molecule is CCCC(C)NC1C(=O)Nc2cccc(Br)c21. The first kappa shape index (κ1) is 12.6. The van der Waals surface area contributed by atoms with Crippen LogP contribution in [0.15, 0.2) is 22.7 Å². The monoisotopic (exact) mass is 296 g/mol. The highest BCUT2D eigenvalue weighted by Gasteiger charge is 2.32. The van der Waals surface area contributed by atoms with Crippen molar-refractivity contribution in [1.29, 1.82) is 0 Å². The highest BCUT2D eigenvalue weighted by Crippen LogP contribution is 2.36. The molecule has 0 saturated carbocycles. The summed E-state index contributed by atoms with van der Waals surface area (Å²) in [6.45, 7) is 4.27. The molecule has 1 aromatic carbocycles. The van der Waals surface area contributed by atoms with Gasteiger partial charge in [0.25, 0.3) is 0 Å². The summed E-state index contributed by atoms with van der Waals surface area (Å²) in [7, 11) is 0. The highest BCUT2D eigenvalue weighted by atomic mass is 79.9. The summed E-state index contributed by atoms with van der Waals surface area (Å²) < 4.78 is 0.981. The molecule has 0 saturated heterocycles. The number of anilines is 1. The van der Waals surface area contributed by atoms with Crippen LogP contribution in [0.25, 0.3) is 0 Å². The summed E-state index contributed by atoms with van der Waals surface area (Å²) in [5.74, 6) is 0.0369. The molecule has 2 rings (SSSR count). The van der Waals surface area contributed by atoms with Crippen LogP contribution in [0.4, 0.5) is 5.69 Å². The zero-order chi connectivity index (χ0) is 12.4. The van der Waals surface area contributed by atoms with E-state index in [1.54, 1.807) is 0 Å². The third-order valence-electron chi connectivity index (χ3n) is 3.03. The first-order valence-corrected chi connectivity index (χ1v) is 6.78. The Bertz CT molecular complexity index is 433. The van der Waals surface area contributed by atoms with E-state index in [1.165, 1.54) is 0 Å². The van der Waals surface area contributed by atoms with Crippen molar-refractivity contribution in [2.45, 2.75) is 38.8 Å². The van der Waals surface area contributed by atoms with Crippen LogP contribution in [-0.4, -0.2) is 11.9 Å². The minimum Gasteiger partial charge on any atom is -0.324 e. The van der Waals surface area contributed by atoms with Gasteiger partial charge < -0.3 is 5.32 Å². The third kappa shape index (κ3) is 2.53. The Morgan fingerprint density at radius 2 is 2.29 bits per heavy atom. The number of amides is 1. The van der Waals surface area contributed by atoms with E-state index in [1.807, 2.05) is 18.2 Å². The van der Waals surface area contributed by atoms with Crippen LogP contribution in [0.5, 0.6) is 0 Å². The molecule has 0 aromatic heterocycles. The number of rotatable bonds is 4. The van der Waals surface area contributed by atoms with E-state index in [0.717, 1.165) is 28.6 Å². The van der Waals surface area contributed by atoms with Crippen molar-refractivity contribution < 1.29 is 4.79 Å². The quantitative estimate of drug-likeness (QED) is 0.896. The van der Waals surface area contributed by atoms with Crippen molar-refractivity contribution in [3.05, 3.63) is 28.2 Å². The Morgan fingerprint density at radius 3 is 3.00 bits per heavy atom. The van der Waals surface area contributed by atoms with Gasteiger partial charge in [0, 0.05) is 21.8 Å². The van der Waals surface area contributed by atoms with Crippen LogP contribution >= 0.6 is 15.9 Å². The molecule has 0 spiro atoms. The van der Waals surface area contributed by atoms with Crippen LogP contribution < -0.4 is 10.6 Å². The number of fused-ring (bicyclic) bond motifs is 1. The van der Waals surface area contributed by atoms with Gasteiger partial charge in [-0.1, -0.05) is 35.3 Å². The van der Waals surface area contributed by atoms with Crippen molar-refractivity contribution in [3.63, 3.8) is 0 Å². The minimum absolute atomic E-state index is 0.0369. The molecule has 0 bridgehead atoms. The number of halogens is 1. The maximum atomic E-state index is 11.9. The van der Waals surface area contributed by atoms with Gasteiger partial charge >= 0.3 is 0 Å². The maximum Gasteiger partial charge on any atom is 0.246 e. The van der Waals surface area contributed by atoms with Gasteiger partial charge in [0.2, 0.25) is 5.91 Å². The molecule has 17 heavy (non-hydrogen) atoms. The van der Waals surface area contributed by atoms with E-state index in [4.69, 9.17) is 0 Å². The topological polar surface area (TPSA) is 41.1 Å². The third-order valence-corrected chi connectivity index (χ3v) is 3.73. The second-order valence-corrected chi connectivity index (χ2v) is 5.33. The van der Waals surface area contributed by atoms with Crippen molar-refractivity contribution >= 4 is 27.5 Å². The van der Waals surface area contributed by atoms with Gasteiger partial charge in [-0.25, -0.2) is 0 Å². The highest BCUT2D eigenvalue weighted by molar-refractivity contribution is 9.10. The molecule has 0 fully saturated rings. The molecule has 0 radical (unpaired) electrons. The lowest BCUT2D eigenvalue weighted by Crippen LogP contribution is -2.34. The lowest BCUT2D eigenvalue weighted by molar-refractivity contribution is -0.117. The maximum absolute atomic E-state index is 11.9. The molecular weight excluding hydrogens is 280 g/mol. The standard InChI is InChI=1S/C13H17BrN2O/c1-3-5-8(2)15-12-11-9(14)6-4-7-10(11)16-13(12)17/h4,6-8,12,15H,3,5H2,1-2H3,(H,16,17). The van der Waals surface area contributed by atoms with Crippen LogP contribution in [-0.2, 0) is 4.79 Å². The molecule has 2 atom stereocenters. The molecule has 1 heterocycles. The number of carbonyl (C=O) groups excluding carboxylic acids is 1. The minimum atomic E-state index is -0.234. The van der Waals surface area contributed by atoms with E-state index in [9.17, 15) is 4.79 Å². The van der Waals surface area contributed by atoms with Gasteiger partial charge in [0.1, 0.15) is 6.04 Å². The van der Waals surface area contributed by atoms with E-state index >= 15 is 0 Å². The number of hydrogen-bond donors (Lipinski definition) is 2. The molecule has 92 valence electrons. The predicted molar refractivity (Wildman–Crippen MR) is 73.0 cm³/mol. The Labute approximate surface area is 110 Å². The van der Waals surface area contributed by atoms with E-state index < -0.39 is 0 Å². The van der Waals surface area contributed by atoms with Crippen LogP contribution in [0.2, 0.25) is 0 Å². The largest absolute Gasteiger partial charge is 0.324 e. The van der Waals surface area contributed by atoms with Gasteiger partial charge in [0.05, 0.1) is 0 Å². The first-order chi connectivity index (χ1) is 8.13. The van der Waals surface area contributed by atoms with Gasteiger partial charge in [-0.3, -0.25) is 10.1 Å². The van der Waals surface area contributed by atoms with E-state index in [0.29, 0.717) is 6.04 Å². The Hall–Kier alpha value is -0.870. The number of nitrogens with one attached hydrogen (secondary N) is 2. The van der Waals surface area contributed by atoms with Gasteiger partial charge in [-0.05, 0) is 25.5 Å². The second-order valence-electron chi connectivity index (χ2n) is 4.48. The smallest absolute Gasteiger partial charge is 0.246 e. The predicted octanol–water partition coefficient (Wildman–Crippen LogP) is 3.22. The van der Waals surface area contributed by atoms with Crippen molar-refractivity contribution in [1.82, 2.24) is 5.32 Å². The zero-order valence-electron chi connectivity index (χ0n) is 10.1. The van der Waals surface area contributed by atoms with Gasteiger partial charge in [0.15, 0.2) is 0 Å². The number of benzene rings is 1. The van der Waals surface area contributed by atoms with Crippen molar-refractivity contribution in [2.24, 2.45) is 0 Å². The molecule has 1 amide bonds. The summed E-state index contributed by atoms with van der Waals surface area (Å²) in [6.07, 6.45) is 2.19. The van der Waals surface area contributed by atoms with Crippen LogP contribution in [0, 0.1) is 0 Å². The first-order valence-electron chi connectivity index (χ1n) is 5.98. The van der Waals surface area contributed by atoms with Crippen LogP contribution in [0.1, 0.15) is 38.3 Å².